The van der Waals surface area contributed by atoms with E-state index in [1.54, 1.807) is 16.8 Å². The number of hydrogen-bond donors (Lipinski definition) is 2. The number of nitrogen functional groups attached to an aromatic ring is 1. The molecule has 6 nitrogen and oxygen atoms in total. The van der Waals surface area contributed by atoms with Gasteiger partial charge < -0.3 is 15.6 Å². The van der Waals surface area contributed by atoms with Crippen molar-refractivity contribution in [3.05, 3.63) is 18.0 Å². The largest absolute Gasteiger partial charge is 0.397 e. The van der Waals surface area contributed by atoms with Gasteiger partial charge in [-0.25, -0.2) is 8.42 Å². The summed E-state index contributed by atoms with van der Waals surface area (Å²) < 4.78 is 24.8. The van der Waals surface area contributed by atoms with Gasteiger partial charge in [-0.3, -0.25) is 4.79 Å². The number of nitrogens with two attached hydrogens (primary N) is 1. The van der Waals surface area contributed by atoms with E-state index in [2.05, 4.69) is 5.32 Å². The lowest BCUT2D eigenvalue weighted by atomic mass is 10.2. The van der Waals surface area contributed by atoms with Crippen LogP contribution in [-0.2, 0) is 16.4 Å². The number of amides is 1. The SMILES string of the molecule is CCn1cc(N)cc1C(=O)NC1CCCS(=O)(=O)C1. The Morgan fingerprint density at radius 3 is 2.95 bits per heavy atom. The summed E-state index contributed by atoms with van der Waals surface area (Å²) in [4.78, 5) is 12.1. The third-order valence-corrected chi connectivity index (χ3v) is 5.11. The van der Waals surface area contributed by atoms with Gasteiger partial charge >= 0.3 is 0 Å². The van der Waals surface area contributed by atoms with Crippen molar-refractivity contribution in [1.82, 2.24) is 9.88 Å². The average Bonchev–Trinajstić information content (AvgIpc) is 2.69. The quantitative estimate of drug-likeness (QED) is 0.840. The lowest BCUT2D eigenvalue weighted by molar-refractivity contribution is 0.0929. The third-order valence-electron chi connectivity index (χ3n) is 3.29. The molecule has 1 aliphatic heterocycles. The summed E-state index contributed by atoms with van der Waals surface area (Å²) in [5.74, 6) is -0.0146. The summed E-state index contributed by atoms with van der Waals surface area (Å²) in [5.41, 5.74) is 6.68. The molecule has 1 aromatic heterocycles. The molecule has 0 aromatic carbocycles. The first-order chi connectivity index (χ1) is 8.91. The van der Waals surface area contributed by atoms with E-state index in [1.807, 2.05) is 6.92 Å². The van der Waals surface area contributed by atoms with Gasteiger partial charge in [0.1, 0.15) is 5.69 Å². The standard InChI is InChI=1S/C12H19N3O3S/c1-2-15-7-9(13)6-11(15)12(16)14-10-4-3-5-19(17,18)8-10/h6-7,10H,2-5,8,13H2,1H3,(H,14,16). The molecular weight excluding hydrogens is 266 g/mol. The Labute approximate surface area is 112 Å². The molecule has 0 aliphatic carbocycles. The lowest BCUT2D eigenvalue weighted by Gasteiger charge is -2.23. The molecule has 0 radical (unpaired) electrons. The molecule has 1 aromatic rings. The number of carbonyl (C=O) groups excluding carboxylic acids is 1. The first-order valence-corrected chi connectivity index (χ1v) is 8.20. The number of aryl methyl sites for hydroxylation is 1. The van der Waals surface area contributed by atoms with Gasteiger partial charge in [-0.05, 0) is 25.8 Å². The van der Waals surface area contributed by atoms with Crippen LogP contribution >= 0.6 is 0 Å². The van der Waals surface area contributed by atoms with Crippen molar-refractivity contribution in [3.8, 4) is 0 Å². The van der Waals surface area contributed by atoms with E-state index in [9.17, 15) is 13.2 Å². The van der Waals surface area contributed by atoms with Crippen molar-refractivity contribution >= 4 is 21.4 Å². The highest BCUT2D eigenvalue weighted by Crippen LogP contribution is 2.14. The smallest absolute Gasteiger partial charge is 0.268 e. The van der Waals surface area contributed by atoms with Crippen LogP contribution in [0.1, 0.15) is 30.3 Å². The minimum Gasteiger partial charge on any atom is -0.397 e. The molecule has 7 heteroatoms. The van der Waals surface area contributed by atoms with Crippen molar-refractivity contribution in [2.24, 2.45) is 0 Å². The number of carbonyl (C=O) groups is 1. The van der Waals surface area contributed by atoms with Crippen molar-refractivity contribution in [3.63, 3.8) is 0 Å². The fourth-order valence-electron chi connectivity index (χ4n) is 2.38. The molecule has 0 bridgehead atoms. The molecule has 1 aliphatic rings. The molecule has 3 N–H and O–H groups in total. The molecule has 2 heterocycles. The van der Waals surface area contributed by atoms with Crippen molar-refractivity contribution in [2.75, 3.05) is 17.2 Å². The van der Waals surface area contributed by atoms with Gasteiger partial charge in [0.05, 0.1) is 17.2 Å². The highest BCUT2D eigenvalue weighted by atomic mass is 32.2. The van der Waals surface area contributed by atoms with E-state index >= 15 is 0 Å². The second-order valence-electron chi connectivity index (χ2n) is 4.87. The molecule has 106 valence electrons. The van der Waals surface area contributed by atoms with Crippen LogP contribution < -0.4 is 11.1 Å². The first-order valence-electron chi connectivity index (χ1n) is 6.38. The molecule has 2 rings (SSSR count). The second-order valence-corrected chi connectivity index (χ2v) is 7.10. The van der Waals surface area contributed by atoms with Gasteiger partial charge in [0.25, 0.3) is 5.91 Å². The highest BCUT2D eigenvalue weighted by molar-refractivity contribution is 7.91. The van der Waals surface area contributed by atoms with Crippen LogP contribution in [0.15, 0.2) is 12.3 Å². The molecule has 0 saturated carbocycles. The minimum absolute atomic E-state index is 0.0288. The maximum Gasteiger partial charge on any atom is 0.268 e. The molecule has 1 amide bonds. The second kappa shape index (κ2) is 5.24. The fourth-order valence-corrected chi connectivity index (χ4v) is 4.02. The third kappa shape index (κ3) is 3.28. The highest BCUT2D eigenvalue weighted by Gasteiger charge is 2.26. The van der Waals surface area contributed by atoms with E-state index in [0.717, 1.165) is 0 Å². The average molecular weight is 285 g/mol. The number of aromatic nitrogens is 1. The van der Waals surface area contributed by atoms with Crippen molar-refractivity contribution in [1.29, 1.82) is 0 Å². The summed E-state index contributed by atoms with van der Waals surface area (Å²) in [6.07, 6.45) is 3.00. The minimum atomic E-state index is -3.02. The zero-order chi connectivity index (χ0) is 14.0. The summed E-state index contributed by atoms with van der Waals surface area (Å²) in [5, 5.41) is 2.78. The Hall–Kier alpha value is -1.50. The number of hydrogen-bond acceptors (Lipinski definition) is 4. The predicted molar refractivity (Wildman–Crippen MR) is 73.7 cm³/mol. The number of sulfone groups is 1. The Balaban J connectivity index is 2.08. The normalized spacial score (nSPS) is 22.1. The van der Waals surface area contributed by atoms with Crippen LogP contribution in [0.2, 0.25) is 0 Å². The first kappa shape index (κ1) is 13.9. The van der Waals surface area contributed by atoms with E-state index in [0.29, 0.717) is 30.8 Å². The maximum absolute atomic E-state index is 12.1. The summed E-state index contributed by atoms with van der Waals surface area (Å²) >= 11 is 0. The molecule has 0 spiro atoms. The Bertz CT molecular complexity index is 577. The zero-order valence-electron chi connectivity index (χ0n) is 10.9. The van der Waals surface area contributed by atoms with Crippen LogP contribution in [-0.4, -0.2) is 36.4 Å². The van der Waals surface area contributed by atoms with Crippen molar-refractivity contribution in [2.45, 2.75) is 32.4 Å². The number of nitrogens with one attached hydrogen (secondary N) is 1. The predicted octanol–water partition coefficient (Wildman–Crippen LogP) is 0.397. The van der Waals surface area contributed by atoms with Gasteiger partial charge in [-0.15, -0.1) is 0 Å². The molecule has 1 saturated heterocycles. The van der Waals surface area contributed by atoms with Crippen LogP contribution in [0.5, 0.6) is 0 Å². The fraction of sp³-hybridized carbons (Fsp3) is 0.583. The van der Waals surface area contributed by atoms with E-state index in [4.69, 9.17) is 5.73 Å². The van der Waals surface area contributed by atoms with E-state index in [1.165, 1.54) is 0 Å². The van der Waals surface area contributed by atoms with E-state index < -0.39 is 9.84 Å². The van der Waals surface area contributed by atoms with Crippen LogP contribution in [0, 0.1) is 0 Å². The summed E-state index contributed by atoms with van der Waals surface area (Å²) in [7, 11) is -3.02. The zero-order valence-corrected chi connectivity index (χ0v) is 11.7. The van der Waals surface area contributed by atoms with Gasteiger partial charge in [0.15, 0.2) is 9.84 Å². The molecule has 1 fully saturated rings. The number of anilines is 1. The molecule has 19 heavy (non-hydrogen) atoms. The summed E-state index contributed by atoms with van der Waals surface area (Å²) in [6.45, 7) is 2.56. The topological polar surface area (TPSA) is 94.2 Å². The van der Waals surface area contributed by atoms with Crippen LogP contribution in [0.4, 0.5) is 5.69 Å². The number of nitrogens with zero attached hydrogens (tertiary/aromatic N) is 1. The monoisotopic (exact) mass is 285 g/mol. The number of rotatable bonds is 3. The van der Waals surface area contributed by atoms with Gasteiger partial charge in [0, 0.05) is 18.8 Å². The summed E-state index contributed by atoms with van der Waals surface area (Å²) in [6, 6.07) is 1.31. The van der Waals surface area contributed by atoms with Gasteiger partial charge in [0.2, 0.25) is 0 Å². The van der Waals surface area contributed by atoms with Crippen LogP contribution in [0.25, 0.3) is 0 Å². The van der Waals surface area contributed by atoms with Gasteiger partial charge in [-0.1, -0.05) is 0 Å². The van der Waals surface area contributed by atoms with Crippen LogP contribution in [0.3, 0.4) is 0 Å². The molecular formula is C12H19N3O3S. The van der Waals surface area contributed by atoms with Gasteiger partial charge in [-0.2, -0.15) is 0 Å². The molecule has 1 unspecified atom stereocenters. The Morgan fingerprint density at radius 1 is 1.58 bits per heavy atom. The van der Waals surface area contributed by atoms with Crippen molar-refractivity contribution < 1.29 is 13.2 Å². The van der Waals surface area contributed by atoms with E-state index in [-0.39, 0.29) is 23.5 Å². The lowest BCUT2D eigenvalue weighted by Crippen LogP contribution is -2.43. The Morgan fingerprint density at radius 2 is 2.32 bits per heavy atom. The molecule has 1 atom stereocenters. The maximum atomic E-state index is 12.1. The Kier molecular flexibility index (Phi) is 3.84.